The molecule has 0 spiro atoms. The van der Waals surface area contributed by atoms with Crippen molar-refractivity contribution in [2.75, 3.05) is 0 Å². The molecular weight excluding hydrogens is 180 g/mol. The minimum atomic E-state index is 0.367. The average Bonchev–Trinajstić information content (AvgIpc) is 2.16. The van der Waals surface area contributed by atoms with E-state index in [1.54, 1.807) is 0 Å². The summed E-state index contributed by atoms with van der Waals surface area (Å²) in [6.45, 7) is 11.4. The van der Waals surface area contributed by atoms with E-state index in [2.05, 4.69) is 52.8 Å². The van der Waals surface area contributed by atoms with Crippen LogP contribution in [0, 0.1) is 13.8 Å². The van der Waals surface area contributed by atoms with Crippen molar-refractivity contribution in [1.82, 2.24) is 0 Å². The van der Waals surface area contributed by atoms with E-state index in [0.29, 0.717) is 5.41 Å². The van der Waals surface area contributed by atoms with Crippen LogP contribution in [-0.2, 0) is 5.41 Å². The minimum Gasteiger partial charge on any atom is -0.0654 e. The number of rotatable bonds is 4. The molecule has 84 valence electrons. The summed E-state index contributed by atoms with van der Waals surface area (Å²) in [6, 6.07) is 6.96. The molecule has 0 aromatic heterocycles. The SMILES string of the molecule is CCCC(C)(CC)c1cc(C)cc(C)c1. The number of hydrogen-bond acceptors (Lipinski definition) is 0. The molecule has 0 aliphatic rings. The first-order chi connectivity index (χ1) is 7.01. The summed E-state index contributed by atoms with van der Waals surface area (Å²) < 4.78 is 0. The van der Waals surface area contributed by atoms with E-state index in [9.17, 15) is 0 Å². The second kappa shape index (κ2) is 4.83. The second-order valence-corrected chi connectivity index (χ2v) is 5.04. The lowest BCUT2D eigenvalue weighted by Crippen LogP contribution is -2.20. The van der Waals surface area contributed by atoms with Crippen LogP contribution in [0.15, 0.2) is 18.2 Å². The summed E-state index contributed by atoms with van der Waals surface area (Å²) in [7, 11) is 0. The van der Waals surface area contributed by atoms with Crippen molar-refractivity contribution in [3.05, 3.63) is 34.9 Å². The van der Waals surface area contributed by atoms with E-state index < -0.39 is 0 Å². The zero-order valence-corrected chi connectivity index (χ0v) is 10.9. The molecule has 0 heteroatoms. The van der Waals surface area contributed by atoms with Crippen LogP contribution in [0.1, 0.15) is 56.7 Å². The molecule has 1 aromatic rings. The smallest absolute Gasteiger partial charge is 0.00778 e. The molecule has 0 N–H and O–H groups in total. The zero-order chi connectivity index (χ0) is 11.5. The highest BCUT2D eigenvalue weighted by molar-refractivity contribution is 5.33. The minimum absolute atomic E-state index is 0.367. The molecule has 1 atom stereocenters. The molecule has 0 nitrogen and oxygen atoms in total. The van der Waals surface area contributed by atoms with Crippen LogP contribution < -0.4 is 0 Å². The molecule has 1 rings (SSSR count). The molecule has 15 heavy (non-hydrogen) atoms. The van der Waals surface area contributed by atoms with Gasteiger partial charge in [-0.25, -0.2) is 0 Å². The molecule has 0 bridgehead atoms. The molecule has 0 aliphatic carbocycles. The van der Waals surface area contributed by atoms with Gasteiger partial charge in [0, 0.05) is 0 Å². The summed E-state index contributed by atoms with van der Waals surface area (Å²) in [5, 5.41) is 0. The predicted molar refractivity (Wildman–Crippen MR) is 68.5 cm³/mol. The van der Waals surface area contributed by atoms with Gasteiger partial charge in [-0.05, 0) is 37.7 Å². The lowest BCUT2D eigenvalue weighted by molar-refractivity contribution is 0.413. The van der Waals surface area contributed by atoms with Gasteiger partial charge in [0.25, 0.3) is 0 Å². The Morgan fingerprint density at radius 2 is 1.53 bits per heavy atom. The molecule has 1 aromatic carbocycles. The fraction of sp³-hybridized carbons (Fsp3) is 0.600. The molecule has 0 fully saturated rings. The Labute approximate surface area is 94.7 Å². The first-order valence-corrected chi connectivity index (χ1v) is 6.10. The third kappa shape index (κ3) is 2.84. The molecule has 0 saturated carbocycles. The van der Waals surface area contributed by atoms with E-state index in [1.807, 2.05) is 0 Å². The highest BCUT2D eigenvalue weighted by atomic mass is 14.3. The fourth-order valence-electron chi connectivity index (χ4n) is 2.40. The van der Waals surface area contributed by atoms with E-state index in [4.69, 9.17) is 0 Å². The second-order valence-electron chi connectivity index (χ2n) is 5.04. The summed E-state index contributed by atoms with van der Waals surface area (Å²) in [5.74, 6) is 0. The first kappa shape index (κ1) is 12.3. The third-order valence-corrected chi connectivity index (χ3v) is 3.50. The van der Waals surface area contributed by atoms with E-state index in [0.717, 1.165) is 0 Å². The van der Waals surface area contributed by atoms with Gasteiger partial charge in [0.2, 0.25) is 0 Å². The van der Waals surface area contributed by atoms with Crippen LogP contribution in [0.5, 0.6) is 0 Å². The topological polar surface area (TPSA) is 0 Å². The average molecular weight is 204 g/mol. The van der Waals surface area contributed by atoms with Crippen molar-refractivity contribution >= 4 is 0 Å². The van der Waals surface area contributed by atoms with Gasteiger partial charge in [0.15, 0.2) is 0 Å². The van der Waals surface area contributed by atoms with Crippen molar-refractivity contribution in [3.63, 3.8) is 0 Å². The van der Waals surface area contributed by atoms with Crippen LogP contribution >= 0.6 is 0 Å². The number of aryl methyl sites for hydroxylation is 2. The van der Waals surface area contributed by atoms with Crippen LogP contribution in [0.2, 0.25) is 0 Å². The molecular formula is C15H24. The van der Waals surface area contributed by atoms with Crippen LogP contribution in [-0.4, -0.2) is 0 Å². The lowest BCUT2D eigenvalue weighted by Gasteiger charge is -2.29. The van der Waals surface area contributed by atoms with Gasteiger partial charge >= 0.3 is 0 Å². The Bertz CT molecular complexity index is 305. The Hall–Kier alpha value is -0.780. The molecule has 0 saturated heterocycles. The summed E-state index contributed by atoms with van der Waals surface area (Å²) in [6.07, 6.45) is 3.77. The Kier molecular flexibility index (Phi) is 3.96. The highest BCUT2D eigenvalue weighted by Crippen LogP contribution is 2.33. The Morgan fingerprint density at radius 3 is 1.93 bits per heavy atom. The van der Waals surface area contributed by atoms with Crippen molar-refractivity contribution in [1.29, 1.82) is 0 Å². The zero-order valence-electron chi connectivity index (χ0n) is 10.9. The maximum absolute atomic E-state index is 2.39. The Morgan fingerprint density at radius 1 is 1.00 bits per heavy atom. The molecule has 0 aliphatic heterocycles. The van der Waals surface area contributed by atoms with Gasteiger partial charge in [-0.2, -0.15) is 0 Å². The third-order valence-electron chi connectivity index (χ3n) is 3.50. The van der Waals surface area contributed by atoms with Crippen LogP contribution in [0.4, 0.5) is 0 Å². The van der Waals surface area contributed by atoms with Crippen molar-refractivity contribution in [2.24, 2.45) is 0 Å². The quantitative estimate of drug-likeness (QED) is 0.662. The van der Waals surface area contributed by atoms with Gasteiger partial charge in [-0.15, -0.1) is 0 Å². The van der Waals surface area contributed by atoms with Gasteiger partial charge < -0.3 is 0 Å². The van der Waals surface area contributed by atoms with E-state index in [1.165, 1.54) is 36.0 Å². The summed E-state index contributed by atoms with van der Waals surface area (Å²) in [4.78, 5) is 0. The van der Waals surface area contributed by atoms with Crippen LogP contribution in [0.3, 0.4) is 0 Å². The maximum atomic E-state index is 2.39. The van der Waals surface area contributed by atoms with Crippen molar-refractivity contribution in [3.8, 4) is 0 Å². The maximum Gasteiger partial charge on any atom is -0.00778 e. The molecule has 0 amide bonds. The largest absolute Gasteiger partial charge is 0.0654 e. The monoisotopic (exact) mass is 204 g/mol. The highest BCUT2D eigenvalue weighted by Gasteiger charge is 2.23. The standard InChI is InChI=1S/C15H24/c1-6-8-15(5,7-2)14-10-12(3)9-13(4)11-14/h9-11H,6-8H2,1-5H3. The molecule has 0 radical (unpaired) electrons. The normalized spacial score (nSPS) is 15.0. The van der Waals surface area contributed by atoms with Crippen molar-refractivity contribution < 1.29 is 0 Å². The van der Waals surface area contributed by atoms with E-state index >= 15 is 0 Å². The number of benzene rings is 1. The first-order valence-electron chi connectivity index (χ1n) is 6.10. The van der Waals surface area contributed by atoms with Gasteiger partial charge in [-0.3, -0.25) is 0 Å². The molecule has 1 unspecified atom stereocenters. The van der Waals surface area contributed by atoms with E-state index in [-0.39, 0.29) is 0 Å². The molecule has 0 heterocycles. The summed E-state index contributed by atoms with van der Waals surface area (Å²) >= 11 is 0. The van der Waals surface area contributed by atoms with Crippen LogP contribution in [0.25, 0.3) is 0 Å². The summed E-state index contributed by atoms with van der Waals surface area (Å²) in [5.41, 5.74) is 4.66. The fourth-order valence-corrected chi connectivity index (χ4v) is 2.40. The Balaban J connectivity index is 3.11. The predicted octanol–water partition coefficient (Wildman–Crippen LogP) is 4.77. The lowest BCUT2D eigenvalue weighted by atomic mass is 9.76. The van der Waals surface area contributed by atoms with Gasteiger partial charge in [0.05, 0.1) is 0 Å². The van der Waals surface area contributed by atoms with Crippen molar-refractivity contribution in [2.45, 2.75) is 59.3 Å². The van der Waals surface area contributed by atoms with Gasteiger partial charge in [0.1, 0.15) is 0 Å². The van der Waals surface area contributed by atoms with Gasteiger partial charge in [-0.1, -0.05) is 56.5 Å². The number of hydrogen-bond donors (Lipinski definition) is 0.